The molecule has 3 heteroatoms. The first-order chi connectivity index (χ1) is 8.86. The van der Waals surface area contributed by atoms with E-state index in [1.807, 2.05) is 65.6 Å². The molecular formula is C15H12N2O. The molecule has 0 spiro atoms. The van der Waals surface area contributed by atoms with E-state index in [1.165, 1.54) is 0 Å². The van der Waals surface area contributed by atoms with Gasteiger partial charge in [-0.05, 0) is 24.3 Å². The summed E-state index contributed by atoms with van der Waals surface area (Å²) in [7, 11) is 0. The lowest BCUT2D eigenvalue weighted by molar-refractivity contribution is -0.118. The lowest BCUT2D eigenvalue weighted by atomic mass is 10.2. The fraction of sp³-hybridized carbons (Fsp3) is 0. The standard InChI is InChI=1S/C15H12N2O/c18-15-14(11-16-15)17(12-7-3-1-4-8-12)13-9-5-2-6-10-13/h1-11H,(H,16,18). The van der Waals surface area contributed by atoms with Crippen molar-refractivity contribution in [2.24, 2.45) is 0 Å². The zero-order valence-corrected chi connectivity index (χ0v) is 9.71. The predicted molar refractivity (Wildman–Crippen MR) is 71.2 cm³/mol. The van der Waals surface area contributed by atoms with E-state index in [-0.39, 0.29) is 5.91 Å². The third kappa shape index (κ3) is 1.76. The zero-order chi connectivity index (χ0) is 12.4. The minimum absolute atomic E-state index is 0.0530. The van der Waals surface area contributed by atoms with Crippen LogP contribution < -0.4 is 10.2 Å². The molecular weight excluding hydrogens is 224 g/mol. The number of benzene rings is 2. The monoisotopic (exact) mass is 236 g/mol. The quantitative estimate of drug-likeness (QED) is 0.888. The summed E-state index contributed by atoms with van der Waals surface area (Å²) < 4.78 is 0. The van der Waals surface area contributed by atoms with E-state index in [9.17, 15) is 4.79 Å². The van der Waals surface area contributed by atoms with Crippen molar-refractivity contribution in [3.63, 3.8) is 0 Å². The van der Waals surface area contributed by atoms with Gasteiger partial charge in [0.25, 0.3) is 5.91 Å². The Labute approximate surface area is 105 Å². The molecule has 3 nitrogen and oxygen atoms in total. The zero-order valence-electron chi connectivity index (χ0n) is 9.71. The summed E-state index contributed by atoms with van der Waals surface area (Å²) in [5, 5.41) is 2.64. The molecule has 0 fully saturated rings. The molecule has 1 heterocycles. The van der Waals surface area contributed by atoms with Gasteiger partial charge in [-0.1, -0.05) is 36.4 Å². The third-order valence-corrected chi connectivity index (χ3v) is 2.84. The van der Waals surface area contributed by atoms with Gasteiger partial charge >= 0.3 is 0 Å². The van der Waals surface area contributed by atoms with Crippen molar-refractivity contribution in [2.75, 3.05) is 4.90 Å². The molecule has 18 heavy (non-hydrogen) atoms. The van der Waals surface area contributed by atoms with E-state index in [0.717, 1.165) is 11.4 Å². The van der Waals surface area contributed by atoms with Crippen molar-refractivity contribution in [3.05, 3.63) is 72.6 Å². The van der Waals surface area contributed by atoms with Crippen LogP contribution in [0, 0.1) is 0 Å². The van der Waals surface area contributed by atoms with Crippen LogP contribution in [0.4, 0.5) is 11.4 Å². The van der Waals surface area contributed by atoms with E-state index < -0.39 is 0 Å². The summed E-state index contributed by atoms with van der Waals surface area (Å²) in [6, 6.07) is 19.7. The van der Waals surface area contributed by atoms with Crippen LogP contribution in [0.1, 0.15) is 0 Å². The highest BCUT2D eigenvalue weighted by Crippen LogP contribution is 2.30. The molecule has 0 unspecified atom stereocenters. The van der Waals surface area contributed by atoms with E-state index in [2.05, 4.69) is 5.32 Å². The fourth-order valence-corrected chi connectivity index (χ4v) is 1.94. The van der Waals surface area contributed by atoms with Gasteiger partial charge in [0.05, 0.1) is 0 Å². The van der Waals surface area contributed by atoms with Gasteiger partial charge in [0, 0.05) is 17.6 Å². The number of nitrogens with zero attached hydrogens (tertiary/aromatic N) is 1. The maximum absolute atomic E-state index is 11.6. The number of hydrogen-bond donors (Lipinski definition) is 1. The molecule has 0 saturated heterocycles. The summed E-state index contributed by atoms with van der Waals surface area (Å²) in [6.07, 6.45) is 1.72. The van der Waals surface area contributed by atoms with E-state index >= 15 is 0 Å². The first-order valence-corrected chi connectivity index (χ1v) is 5.77. The maximum atomic E-state index is 11.6. The van der Waals surface area contributed by atoms with Gasteiger partial charge in [-0.2, -0.15) is 0 Å². The number of rotatable bonds is 3. The van der Waals surface area contributed by atoms with Gasteiger partial charge < -0.3 is 10.2 Å². The number of carbonyl (C=O) groups is 1. The van der Waals surface area contributed by atoms with Crippen LogP contribution in [0.15, 0.2) is 72.6 Å². The molecule has 2 aromatic carbocycles. The summed E-state index contributed by atoms with van der Waals surface area (Å²) in [6.45, 7) is 0. The molecule has 0 atom stereocenters. The van der Waals surface area contributed by atoms with Crippen LogP contribution in [0.25, 0.3) is 0 Å². The highest BCUT2D eigenvalue weighted by atomic mass is 16.2. The highest BCUT2D eigenvalue weighted by Gasteiger charge is 2.25. The van der Waals surface area contributed by atoms with Crippen molar-refractivity contribution in [1.82, 2.24) is 5.32 Å². The average Bonchev–Trinajstić information content (AvgIpc) is 2.45. The van der Waals surface area contributed by atoms with Gasteiger partial charge in [-0.25, -0.2) is 0 Å². The highest BCUT2D eigenvalue weighted by molar-refractivity contribution is 6.05. The number of anilines is 2. The Hall–Kier alpha value is -2.55. The van der Waals surface area contributed by atoms with E-state index in [4.69, 9.17) is 0 Å². The fourth-order valence-electron chi connectivity index (χ4n) is 1.94. The lowest BCUT2D eigenvalue weighted by Gasteiger charge is -2.30. The molecule has 1 aliphatic heterocycles. The Morgan fingerprint density at radius 1 is 0.778 bits per heavy atom. The van der Waals surface area contributed by atoms with Crippen LogP contribution in [0.2, 0.25) is 0 Å². The summed E-state index contributed by atoms with van der Waals surface area (Å²) in [4.78, 5) is 13.5. The van der Waals surface area contributed by atoms with Gasteiger partial charge in [0.15, 0.2) is 0 Å². The van der Waals surface area contributed by atoms with E-state index in [0.29, 0.717) is 5.70 Å². The number of hydrogen-bond acceptors (Lipinski definition) is 2. The molecule has 3 rings (SSSR count). The second-order valence-electron chi connectivity index (χ2n) is 4.01. The molecule has 0 saturated carbocycles. The second-order valence-corrected chi connectivity index (χ2v) is 4.01. The topological polar surface area (TPSA) is 32.3 Å². The Morgan fingerprint density at radius 3 is 1.61 bits per heavy atom. The maximum Gasteiger partial charge on any atom is 0.273 e. The van der Waals surface area contributed by atoms with Crippen LogP contribution in [0.5, 0.6) is 0 Å². The van der Waals surface area contributed by atoms with Crippen molar-refractivity contribution >= 4 is 17.3 Å². The smallest absolute Gasteiger partial charge is 0.273 e. The molecule has 1 amide bonds. The number of nitrogens with one attached hydrogen (secondary N) is 1. The third-order valence-electron chi connectivity index (χ3n) is 2.84. The molecule has 1 aliphatic rings. The Bertz CT molecular complexity index is 551. The van der Waals surface area contributed by atoms with Crippen LogP contribution in [0.3, 0.4) is 0 Å². The molecule has 0 aromatic heterocycles. The van der Waals surface area contributed by atoms with Gasteiger partial charge in [0.1, 0.15) is 5.70 Å². The molecule has 0 radical (unpaired) electrons. The summed E-state index contributed by atoms with van der Waals surface area (Å²) >= 11 is 0. The number of carbonyl (C=O) groups excluding carboxylic acids is 1. The SMILES string of the molecule is O=C1NC=C1N(c1ccccc1)c1ccccc1. The average molecular weight is 236 g/mol. The molecule has 0 aliphatic carbocycles. The normalized spacial score (nSPS) is 13.3. The first-order valence-electron chi connectivity index (χ1n) is 5.77. The van der Waals surface area contributed by atoms with Gasteiger partial charge in [0.2, 0.25) is 0 Å². The summed E-state index contributed by atoms with van der Waals surface area (Å²) in [5.41, 5.74) is 2.61. The minimum Gasteiger partial charge on any atom is -0.325 e. The molecule has 88 valence electrons. The second kappa shape index (κ2) is 4.37. The molecule has 1 N–H and O–H groups in total. The van der Waals surface area contributed by atoms with Crippen molar-refractivity contribution in [2.45, 2.75) is 0 Å². The van der Waals surface area contributed by atoms with E-state index in [1.54, 1.807) is 6.20 Å². The Morgan fingerprint density at radius 2 is 1.28 bits per heavy atom. The van der Waals surface area contributed by atoms with Gasteiger partial charge in [-0.3, -0.25) is 4.79 Å². The Balaban J connectivity index is 2.08. The van der Waals surface area contributed by atoms with Crippen LogP contribution >= 0.6 is 0 Å². The lowest BCUT2D eigenvalue weighted by Crippen LogP contribution is -2.39. The number of para-hydroxylation sites is 2. The molecule has 2 aromatic rings. The van der Waals surface area contributed by atoms with Crippen molar-refractivity contribution in [1.29, 1.82) is 0 Å². The van der Waals surface area contributed by atoms with Crippen LogP contribution in [-0.2, 0) is 4.79 Å². The van der Waals surface area contributed by atoms with Crippen molar-refractivity contribution in [3.8, 4) is 0 Å². The first kappa shape index (κ1) is 10.6. The Kier molecular flexibility index (Phi) is 2.57. The minimum atomic E-state index is -0.0530. The van der Waals surface area contributed by atoms with Crippen molar-refractivity contribution < 1.29 is 4.79 Å². The molecule has 0 bridgehead atoms. The van der Waals surface area contributed by atoms with Crippen LogP contribution in [-0.4, -0.2) is 5.91 Å². The predicted octanol–water partition coefficient (Wildman–Crippen LogP) is 2.80. The number of amides is 1. The summed E-state index contributed by atoms with van der Waals surface area (Å²) in [5.74, 6) is -0.0530. The largest absolute Gasteiger partial charge is 0.325 e. The van der Waals surface area contributed by atoms with Gasteiger partial charge in [-0.15, -0.1) is 0 Å².